The van der Waals surface area contributed by atoms with Crippen LogP contribution in [0.2, 0.25) is 5.02 Å². The molecule has 2 aromatic rings. The van der Waals surface area contributed by atoms with E-state index in [9.17, 15) is 4.79 Å². The second-order valence-electron chi connectivity index (χ2n) is 5.15. The van der Waals surface area contributed by atoms with Crippen molar-refractivity contribution < 1.29 is 14.3 Å². The first kappa shape index (κ1) is 17.9. The Hall–Kier alpha value is -2.40. The number of hydrogen-bond acceptors (Lipinski definition) is 4. The quantitative estimate of drug-likeness (QED) is 0.769. The molecule has 0 aliphatic heterocycles. The summed E-state index contributed by atoms with van der Waals surface area (Å²) in [7, 11) is 3.17. The van der Waals surface area contributed by atoms with Crippen LogP contribution in [0.5, 0.6) is 11.5 Å². The van der Waals surface area contributed by atoms with Gasteiger partial charge in [0.15, 0.2) is 0 Å². The summed E-state index contributed by atoms with van der Waals surface area (Å²) in [5, 5.41) is 6.63. The highest BCUT2D eigenvalue weighted by Crippen LogP contribution is 2.28. The van der Waals surface area contributed by atoms with Crippen LogP contribution in [0.3, 0.4) is 0 Å². The topological polar surface area (TPSA) is 59.6 Å². The van der Waals surface area contributed by atoms with E-state index < -0.39 is 0 Å². The molecule has 6 heteroatoms. The van der Waals surface area contributed by atoms with Gasteiger partial charge in [-0.15, -0.1) is 0 Å². The zero-order valence-corrected chi connectivity index (χ0v) is 14.5. The van der Waals surface area contributed by atoms with E-state index in [0.717, 1.165) is 12.0 Å². The largest absolute Gasteiger partial charge is 0.497 e. The lowest BCUT2D eigenvalue weighted by Gasteiger charge is -2.12. The Morgan fingerprint density at radius 1 is 1.12 bits per heavy atom. The number of anilines is 1. The maximum atomic E-state index is 12.0. The minimum atomic E-state index is -0.0955. The molecule has 0 saturated carbocycles. The van der Waals surface area contributed by atoms with E-state index in [1.807, 2.05) is 24.3 Å². The van der Waals surface area contributed by atoms with E-state index in [-0.39, 0.29) is 12.5 Å². The lowest BCUT2D eigenvalue weighted by Crippen LogP contribution is -2.31. The molecule has 2 N–H and O–H groups in total. The molecule has 0 bridgehead atoms. The van der Waals surface area contributed by atoms with Crippen molar-refractivity contribution in [2.45, 2.75) is 6.42 Å². The van der Waals surface area contributed by atoms with E-state index in [1.165, 1.54) is 0 Å². The fraction of sp³-hybridized carbons (Fsp3) is 0.278. The first-order valence-electron chi connectivity index (χ1n) is 7.59. The second-order valence-corrected chi connectivity index (χ2v) is 5.59. The van der Waals surface area contributed by atoms with E-state index in [0.29, 0.717) is 28.8 Å². The Kier molecular flexibility index (Phi) is 6.75. The Labute approximate surface area is 146 Å². The molecule has 1 amide bonds. The molecule has 128 valence electrons. The van der Waals surface area contributed by atoms with Crippen molar-refractivity contribution in [1.29, 1.82) is 0 Å². The first-order valence-corrected chi connectivity index (χ1v) is 7.97. The highest BCUT2D eigenvalue weighted by atomic mass is 35.5. The van der Waals surface area contributed by atoms with Gasteiger partial charge >= 0.3 is 0 Å². The highest BCUT2D eigenvalue weighted by Gasteiger charge is 2.07. The summed E-state index contributed by atoms with van der Waals surface area (Å²) in [4.78, 5) is 12.0. The van der Waals surface area contributed by atoms with Crippen molar-refractivity contribution in [3.63, 3.8) is 0 Å². The van der Waals surface area contributed by atoms with Gasteiger partial charge in [0.1, 0.15) is 11.5 Å². The van der Waals surface area contributed by atoms with Gasteiger partial charge in [0, 0.05) is 17.6 Å². The average molecular weight is 349 g/mol. The number of ether oxygens (including phenoxy) is 2. The van der Waals surface area contributed by atoms with Crippen LogP contribution in [-0.4, -0.2) is 33.2 Å². The molecule has 24 heavy (non-hydrogen) atoms. The van der Waals surface area contributed by atoms with Crippen molar-refractivity contribution in [3.8, 4) is 11.5 Å². The summed E-state index contributed by atoms with van der Waals surface area (Å²) in [6.45, 7) is 0.704. The molecule has 0 heterocycles. The molecular weight excluding hydrogens is 328 g/mol. The van der Waals surface area contributed by atoms with Crippen molar-refractivity contribution in [2.24, 2.45) is 0 Å². The zero-order valence-electron chi connectivity index (χ0n) is 13.8. The highest BCUT2D eigenvalue weighted by molar-refractivity contribution is 6.30. The molecule has 0 fully saturated rings. The van der Waals surface area contributed by atoms with E-state index in [2.05, 4.69) is 10.6 Å². The molecule has 0 unspecified atom stereocenters. The second kappa shape index (κ2) is 9.03. The van der Waals surface area contributed by atoms with Crippen molar-refractivity contribution in [3.05, 3.63) is 53.1 Å². The van der Waals surface area contributed by atoms with Crippen LogP contribution < -0.4 is 20.1 Å². The van der Waals surface area contributed by atoms with Gasteiger partial charge < -0.3 is 20.1 Å². The minimum absolute atomic E-state index is 0.0955. The van der Waals surface area contributed by atoms with Gasteiger partial charge in [-0.25, -0.2) is 0 Å². The number of methoxy groups -OCH3 is 2. The number of benzene rings is 2. The molecule has 2 aromatic carbocycles. The van der Waals surface area contributed by atoms with Crippen molar-refractivity contribution in [1.82, 2.24) is 5.32 Å². The van der Waals surface area contributed by atoms with Crippen LogP contribution in [0, 0.1) is 0 Å². The van der Waals surface area contributed by atoms with Gasteiger partial charge in [0.25, 0.3) is 0 Å². The zero-order chi connectivity index (χ0) is 17.4. The maximum Gasteiger partial charge on any atom is 0.239 e. The Bertz CT molecular complexity index is 692. The van der Waals surface area contributed by atoms with Crippen LogP contribution >= 0.6 is 11.6 Å². The number of halogens is 1. The van der Waals surface area contributed by atoms with Gasteiger partial charge in [-0.05, 0) is 36.2 Å². The number of carbonyl (C=O) groups is 1. The number of hydrogen-bond donors (Lipinski definition) is 2. The lowest BCUT2D eigenvalue weighted by atomic mass is 10.1. The summed E-state index contributed by atoms with van der Waals surface area (Å²) in [6, 6.07) is 13.0. The van der Waals surface area contributed by atoms with E-state index in [4.69, 9.17) is 21.1 Å². The van der Waals surface area contributed by atoms with Gasteiger partial charge in [-0.2, -0.15) is 0 Å². The maximum absolute atomic E-state index is 12.0. The summed E-state index contributed by atoms with van der Waals surface area (Å²) in [6.07, 6.45) is 0.731. The van der Waals surface area contributed by atoms with Crippen molar-refractivity contribution in [2.75, 3.05) is 32.6 Å². The number of nitrogens with one attached hydrogen (secondary N) is 2. The molecule has 0 aromatic heterocycles. The van der Waals surface area contributed by atoms with Crippen LogP contribution in [0.4, 0.5) is 5.69 Å². The van der Waals surface area contributed by atoms with Crippen LogP contribution in [0.25, 0.3) is 0 Å². The lowest BCUT2D eigenvalue weighted by molar-refractivity contribution is -0.119. The third-order valence-electron chi connectivity index (χ3n) is 3.47. The number of rotatable bonds is 8. The minimum Gasteiger partial charge on any atom is -0.497 e. The predicted molar refractivity (Wildman–Crippen MR) is 96.2 cm³/mol. The fourth-order valence-corrected chi connectivity index (χ4v) is 2.44. The van der Waals surface area contributed by atoms with Crippen LogP contribution in [0.1, 0.15) is 5.56 Å². The van der Waals surface area contributed by atoms with Gasteiger partial charge in [0.05, 0.1) is 26.5 Å². The monoisotopic (exact) mass is 348 g/mol. The molecule has 2 rings (SSSR count). The standard InChI is InChI=1S/C18H21ClN2O3/c1-23-15-6-7-17(24-2)16(11-15)21-12-18(22)20-9-8-13-4-3-5-14(19)10-13/h3-7,10-11,21H,8-9,12H2,1-2H3,(H,20,22). The molecule has 0 aliphatic rings. The third-order valence-corrected chi connectivity index (χ3v) is 3.71. The average Bonchev–Trinajstić information content (AvgIpc) is 2.59. The summed E-state index contributed by atoms with van der Waals surface area (Å²) >= 11 is 5.94. The van der Waals surface area contributed by atoms with Gasteiger partial charge in [-0.3, -0.25) is 4.79 Å². The molecular formula is C18H21ClN2O3. The summed E-state index contributed by atoms with van der Waals surface area (Å²) in [5.74, 6) is 1.25. The Balaban J connectivity index is 1.81. The van der Waals surface area contributed by atoms with Crippen LogP contribution in [-0.2, 0) is 11.2 Å². The fourth-order valence-electron chi connectivity index (χ4n) is 2.23. The Morgan fingerprint density at radius 2 is 1.96 bits per heavy atom. The summed E-state index contributed by atoms with van der Waals surface area (Å²) in [5.41, 5.74) is 1.80. The molecule has 0 atom stereocenters. The number of amides is 1. The molecule has 5 nitrogen and oxygen atoms in total. The molecule has 0 spiro atoms. The summed E-state index contributed by atoms with van der Waals surface area (Å²) < 4.78 is 10.4. The molecule has 0 aliphatic carbocycles. The van der Waals surface area contributed by atoms with E-state index >= 15 is 0 Å². The molecule has 0 radical (unpaired) electrons. The predicted octanol–water partition coefficient (Wildman–Crippen LogP) is 3.13. The van der Waals surface area contributed by atoms with Gasteiger partial charge in [-0.1, -0.05) is 23.7 Å². The van der Waals surface area contributed by atoms with Crippen molar-refractivity contribution >= 4 is 23.2 Å². The third kappa shape index (κ3) is 5.35. The first-order chi connectivity index (χ1) is 11.6. The molecule has 0 saturated heterocycles. The smallest absolute Gasteiger partial charge is 0.239 e. The normalized spacial score (nSPS) is 10.1. The SMILES string of the molecule is COc1ccc(OC)c(NCC(=O)NCCc2cccc(Cl)c2)c1. The Morgan fingerprint density at radius 3 is 2.67 bits per heavy atom. The number of carbonyl (C=O) groups excluding carboxylic acids is 1. The van der Waals surface area contributed by atoms with Crippen LogP contribution in [0.15, 0.2) is 42.5 Å². The van der Waals surface area contributed by atoms with E-state index in [1.54, 1.807) is 32.4 Å². The van der Waals surface area contributed by atoms with Gasteiger partial charge in [0.2, 0.25) is 5.91 Å².